The lowest BCUT2D eigenvalue weighted by atomic mass is 10.2. The van der Waals surface area contributed by atoms with Crippen LogP contribution in [0.15, 0.2) is 0 Å². The van der Waals surface area contributed by atoms with Crippen molar-refractivity contribution < 1.29 is 23.9 Å². The van der Waals surface area contributed by atoms with E-state index in [4.69, 9.17) is 29.2 Å². The SMILES string of the molecule is CC(C)NC(=O)C(C)C.CC(C)NC(=O)CSC(C)C.CC(C)NC(=S)NC(C)C.CC(C)NC(=S)OC(C)C.CC(C)SC1CC(=O)N(C(C)C)C1=O. The molecule has 1 unspecified atom stereocenters. The number of carbonyl (C=O) groups excluding carboxylic acids is 4. The molecule has 5 N–H and O–H groups in total. The summed E-state index contributed by atoms with van der Waals surface area (Å²) in [5.74, 6) is 0.915. The zero-order valence-electron chi connectivity index (χ0n) is 37.4. The van der Waals surface area contributed by atoms with Gasteiger partial charge in [0, 0.05) is 48.6 Å². The maximum atomic E-state index is 11.8. The fourth-order valence-electron chi connectivity index (χ4n) is 3.71. The summed E-state index contributed by atoms with van der Waals surface area (Å²) in [7, 11) is 0. The number of rotatable bonds is 13. The van der Waals surface area contributed by atoms with E-state index in [1.165, 1.54) is 4.90 Å². The summed E-state index contributed by atoms with van der Waals surface area (Å²) in [6.45, 7) is 39.9. The van der Waals surface area contributed by atoms with E-state index in [1.54, 1.807) is 23.5 Å². The Kier molecular flexibility index (Phi) is 36.3. The fraction of sp³-hybridized carbons (Fsp3) is 0.846. The highest BCUT2D eigenvalue weighted by molar-refractivity contribution is 8.01. The summed E-state index contributed by atoms with van der Waals surface area (Å²) in [5.41, 5.74) is 0. The molecule has 1 aliphatic rings. The largest absolute Gasteiger partial charge is 0.468 e. The Morgan fingerprint density at radius 3 is 1.37 bits per heavy atom. The highest BCUT2D eigenvalue weighted by atomic mass is 32.2. The molecule has 0 spiro atoms. The van der Waals surface area contributed by atoms with Gasteiger partial charge in [-0.05, 0) is 132 Å². The number of nitrogens with one attached hydrogen (secondary N) is 5. The van der Waals surface area contributed by atoms with Crippen molar-refractivity contribution in [3.63, 3.8) is 0 Å². The summed E-state index contributed by atoms with van der Waals surface area (Å²) in [6, 6.07) is 1.70. The van der Waals surface area contributed by atoms with E-state index in [1.807, 2.05) is 96.9 Å². The van der Waals surface area contributed by atoms with Crippen LogP contribution in [0, 0.1) is 5.92 Å². The molecule has 320 valence electrons. The molecule has 0 aromatic heterocycles. The molecule has 0 saturated carbocycles. The number of carbonyl (C=O) groups is 4. The van der Waals surface area contributed by atoms with Gasteiger partial charge in [0.15, 0.2) is 5.11 Å². The quantitative estimate of drug-likeness (QED) is 0.0930. The molecule has 1 fully saturated rings. The Labute approximate surface area is 350 Å². The van der Waals surface area contributed by atoms with E-state index in [2.05, 4.69) is 68.1 Å². The summed E-state index contributed by atoms with van der Waals surface area (Å²) in [4.78, 5) is 46.5. The third-order valence-corrected chi connectivity index (χ3v) is 8.42. The first-order valence-corrected chi connectivity index (χ1v) is 22.1. The van der Waals surface area contributed by atoms with Crippen molar-refractivity contribution in [1.29, 1.82) is 0 Å². The first-order valence-electron chi connectivity index (χ1n) is 19.3. The Hall–Kier alpha value is -1.84. The van der Waals surface area contributed by atoms with Gasteiger partial charge in [0.25, 0.3) is 5.17 Å². The maximum Gasteiger partial charge on any atom is 0.257 e. The highest BCUT2D eigenvalue weighted by Crippen LogP contribution is 2.29. The number of thioether (sulfide) groups is 2. The van der Waals surface area contributed by atoms with Gasteiger partial charge in [-0.3, -0.25) is 24.1 Å². The standard InChI is InChI=1S/C10H17NO2S.C8H17NOS.C7H16N2S.C7H15NOS.C7H15NO/c1-6(2)11-9(12)5-8(10(11)13)14-7(3)4;1-6(2)9-8(10)5-11-7(3)4;2*1-5(2)8-7(10)9-6(3)4;1-5(2)7(9)8-6(3)4/h6-8H,5H2,1-4H3;6-7H,5H2,1-4H3,(H,9,10);5-6H,1-4H3,(H2,8,9,10);5-6H,1-4H3,(H,8,10);5-6H,1-4H3,(H,8,9). The van der Waals surface area contributed by atoms with Crippen molar-refractivity contribution in [2.75, 3.05) is 5.75 Å². The topological polar surface area (TPSA) is 141 Å². The van der Waals surface area contributed by atoms with Crippen LogP contribution in [0.2, 0.25) is 0 Å². The minimum Gasteiger partial charge on any atom is -0.468 e. The second-order valence-electron chi connectivity index (χ2n) is 15.7. The van der Waals surface area contributed by atoms with Gasteiger partial charge in [0.05, 0.1) is 17.1 Å². The van der Waals surface area contributed by atoms with Gasteiger partial charge in [-0.1, -0.05) is 41.5 Å². The zero-order valence-corrected chi connectivity index (χ0v) is 40.7. The predicted molar refractivity (Wildman–Crippen MR) is 243 cm³/mol. The Balaban J connectivity index is -0.000000292. The molecule has 0 bridgehead atoms. The van der Waals surface area contributed by atoms with Crippen molar-refractivity contribution in [2.24, 2.45) is 5.92 Å². The third-order valence-electron chi connectivity index (χ3n) is 5.64. The number of ether oxygens (including phenoxy) is 1. The molecule has 4 amide bonds. The van der Waals surface area contributed by atoms with Gasteiger partial charge in [0.2, 0.25) is 23.6 Å². The number of nitrogens with zero attached hydrogens (tertiary/aromatic N) is 1. The van der Waals surface area contributed by atoms with Crippen molar-refractivity contribution in [3.8, 4) is 0 Å². The maximum absolute atomic E-state index is 11.8. The van der Waals surface area contributed by atoms with Crippen molar-refractivity contribution in [3.05, 3.63) is 0 Å². The van der Waals surface area contributed by atoms with Crippen molar-refractivity contribution >= 4 is 81.9 Å². The van der Waals surface area contributed by atoms with Gasteiger partial charge < -0.3 is 31.3 Å². The normalized spacial score (nSPS) is 13.7. The zero-order chi connectivity index (χ0) is 43.5. The van der Waals surface area contributed by atoms with Gasteiger partial charge in [0.1, 0.15) is 0 Å². The van der Waals surface area contributed by atoms with Crippen molar-refractivity contribution in [2.45, 2.75) is 203 Å². The van der Waals surface area contributed by atoms with Gasteiger partial charge in [-0.25, -0.2) is 0 Å². The molecule has 0 aliphatic carbocycles. The summed E-state index contributed by atoms with van der Waals surface area (Å²) in [5, 5.41) is 16.8. The average molecular weight is 841 g/mol. The molecule has 1 heterocycles. The number of imide groups is 1. The number of likely N-dealkylation sites (tertiary alicyclic amines) is 1. The lowest BCUT2D eigenvalue weighted by Gasteiger charge is -2.19. The van der Waals surface area contributed by atoms with Crippen LogP contribution in [0.1, 0.15) is 145 Å². The lowest BCUT2D eigenvalue weighted by Crippen LogP contribution is -2.42. The van der Waals surface area contributed by atoms with E-state index in [-0.39, 0.29) is 59.0 Å². The third kappa shape index (κ3) is 39.8. The number of hydrogen-bond acceptors (Lipinski definition) is 9. The first kappa shape index (κ1) is 58.9. The van der Waals surface area contributed by atoms with E-state index in [9.17, 15) is 19.2 Å². The number of amides is 4. The van der Waals surface area contributed by atoms with E-state index in [0.29, 0.717) is 46.0 Å². The molecule has 0 aromatic carbocycles. The van der Waals surface area contributed by atoms with Crippen LogP contribution < -0.4 is 26.6 Å². The van der Waals surface area contributed by atoms with Crippen molar-refractivity contribution in [1.82, 2.24) is 31.5 Å². The molecule has 54 heavy (non-hydrogen) atoms. The molecule has 1 rings (SSSR count). The Morgan fingerprint density at radius 1 is 0.667 bits per heavy atom. The number of thiocarbonyl (C=S) groups is 2. The predicted octanol–water partition coefficient (Wildman–Crippen LogP) is 7.45. The molecule has 1 saturated heterocycles. The van der Waals surface area contributed by atoms with Crippen LogP contribution in [-0.2, 0) is 23.9 Å². The van der Waals surface area contributed by atoms with E-state index >= 15 is 0 Å². The summed E-state index contributed by atoms with van der Waals surface area (Å²) in [6.07, 6.45) is 0.540. The fourth-order valence-corrected chi connectivity index (χ4v) is 6.30. The highest BCUT2D eigenvalue weighted by Gasteiger charge is 2.40. The smallest absolute Gasteiger partial charge is 0.257 e. The summed E-state index contributed by atoms with van der Waals surface area (Å²) < 4.78 is 5.18. The van der Waals surface area contributed by atoms with Crippen LogP contribution in [-0.4, -0.2) is 103 Å². The van der Waals surface area contributed by atoms with Crippen LogP contribution in [0.5, 0.6) is 0 Å². The molecule has 0 radical (unpaired) electrons. The molecular weight excluding hydrogens is 761 g/mol. The molecule has 1 atom stereocenters. The van der Waals surface area contributed by atoms with Gasteiger partial charge in [-0.15, -0.1) is 23.5 Å². The second-order valence-corrected chi connectivity index (χ2v) is 19.8. The second kappa shape index (κ2) is 33.3. The monoisotopic (exact) mass is 841 g/mol. The molecule has 0 aromatic rings. The van der Waals surface area contributed by atoms with Crippen LogP contribution in [0.3, 0.4) is 0 Å². The molecule has 1 aliphatic heterocycles. The number of hydrogen-bond donors (Lipinski definition) is 5. The average Bonchev–Trinajstić information content (AvgIpc) is 3.22. The Morgan fingerprint density at radius 2 is 1.09 bits per heavy atom. The molecule has 11 nitrogen and oxygen atoms in total. The van der Waals surface area contributed by atoms with Gasteiger partial charge >= 0.3 is 0 Å². The minimum absolute atomic E-state index is 0.00670. The summed E-state index contributed by atoms with van der Waals surface area (Å²) >= 11 is 13.1. The molecular formula is C39H80N6O5S4. The first-order chi connectivity index (χ1) is 24.5. The van der Waals surface area contributed by atoms with Gasteiger partial charge in [-0.2, -0.15) is 0 Å². The van der Waals surface area contributed by atoms with Crippen LogP contribution >= 0.6 is 48.0 Å². The van der Waals surface area contributed by atoms with Crippen LogP contribution in [0.25, 0.3) is 0 Å². The Bertz CT molecular complexity index is 1020. The molecule has 15 heteroatoms. The minimum atomic E-state index is -0.148. The van der Waals surface area contributed by atoms with E-state index < -0.39 is 0 Å². The van der Waals surface area contributed by atoms with Crippen LogP contribution in [0.4, 0.5) is 0 Å². The van der Waals surface area contributed by atoms with E-state index in [0.717, 1.165) is 5.11 Å². The lowest BCUT2D eigenvalue weighted by molar-refractivity contribution is -0.140.